The molecule has 6 nitrogen and oxygen atoms in total. The van der Waals surface area contributed by atoms with Crippen LogP contribution in [0.15, 0.2) is 30.5 Å². The van der Waals surface area contributed by atoms with E-state index in [1.807, 2.05) is 0 Å². The van der Waals surface area contributed by atoms with Gasteiger partial charge in [0.05, 0.1) is 34.6 Å². The van der Waals surface area contributed by atoms with E-state index >= 15 is 4.39 Å². The van der Waals surface area contributed by atoms with Crippen molar-refractivity contribution in [1.29, 1.82) is 0 Å². The van der Waals surface area contributed by atoms with E-state index < -0.39 is 34.5 Å². The molecule has 0 aliphatic carbocycles. The number of alkyl halides is 3. The van der Waals surface area contributed by atoms with Gasteiger partial charge in [-0.05, 0) is 50.6 Å². The molecule has 0 unspecified atom stereocenters. The Labute approximate surface area is 190 Å². The maximum absolute atomic E-state index is 15.6. The molecule has 0 saturated heterocycles. The van der Waals surface area contributed by atoms with Crippen LogP contribution < -0.4 is 5.32 Å². The monoisotopic (exact) mass is 477 g/mol. The molecule has 1 aliphatic rings. The molecule has 0 fully saturated rings. The van der Waals surface area contributed by atoms with Gasteiger partial charge in [0.1, 0.15) is 17.5 Å². The van der Waals surface area contributed by atoms with E-state index in [1.165, 1.54) is 28.3 Å². The summed E-state index contributed by atoms with van der Waals surface area (Å²) in [6, 6.07) is 4.51. The van der Waals surface area contributed by atoms with Gasteiger partial charge in [0.25, 0.3) is 0 Å². The number of aliphatic hydroxyl groups excluding tert-OH is 1. The summed E-state index contributed by atoms with van der Waals surface area (Å²) in [5.41, 5.74) is -3.34. The van der Waals surface area contributed by atoms with E-state index in [-0.39, 0.29) is 52.6 Å². The number of nitrogens with one attached hydrogen (secondary N) is 1. The zero-order valence-electron chi connectivity index (χ0n) is 18.4. The van der Waals surface area contributed by atoms with Crippen LogP contribution in [0, 0.1) is 18.6 Å². The Bertz CT molecular complexity index is 1450. The standard InChI is InChI=1S/C23H20F5N5O/c1-11-30-31-21-22(2,3)29-16-10-15(25)18(19(23(26,27)28)20(16)33(11)21)14-8-12(24)9-17-13(14)4-5-32(17)6-7-34/h4-5,8-10,29,34H,6-7H2,1-3H3. The molecule has 3 heterocycles. The maximum atomic E-state index is 15.6. The van der Waals surface area contributed by atoms with Crippen LogP contribution in [0.1, 0.15) is 31.1 Å². The second kappa shape index (κ2) is 7.26. The molecule has 2 N–H and O–H groups in total. The lowest BCUT2D eigenvalue weighted by Gasteiger charge is -2.36. The van der Waals surface area contributed by atoms with E-state index in [2.05, 4.69) is 15.5 Å². The van der Waals surface area contributed by atoms with Crippen molar-refractivity contribution >= 4 is 16.6 Å². The van der Waals surface area contributed by atoms with E-state index in [4.69, 9.17) is 0 Å². The second-order valence-electron chi connectivity index (χ2n) is 8.78. The number of anilines is 1. The largest absolute Gasteiger partial charge is 0.419 e. The predicted molar refractivity (Wildman–Crippen MR) is 116 cm³/mol. The predicted octanol–water partition coefficient (Wildman–Crippen LogP) is 5.15. The highest BCUT2D eigenvalue weighted by Crippen LogP contribution is 2.50. The van der Waals surface area contributed by atoms with E-state index in [1.54, 1.807) is 13.8 Å². The van der Waals surface area contributed by atoms with Crippen LogP contribution in [0.5, 0.6) is 0 Å². The third-order valence-corrected chi connectivity index (χ3v) is 6.05. The summed E-state index contributed by atoms with van der Waals surface area (Å²) in [4.78, 5) is 0. The van der Waals surface area contributed by atoms with Gasteiger partial charge in [-0.2, -0.15) is 13.2 Å². The van der Waals surface area contributed by atoms with Crippen LogP contribution in [0.25, 0.3) is 27.7 Å². The molecule has 0 atom stereocenters. The third-order valence-electron chi connectivity index (χ3n) is 6.05. The first-order valence-electron chi connectivity index (χ1n) is 10.5. The van der Waals surface area contributed by atoms with E-state index in [9.17, 15) is 22.7 Å². The van der Waals surface area contributed by atoms with Gasteiger partial charge in [-0.15, -0.1) is 10.2 Å². The first kappa shape index (κ1) is 22.3. The molecule has 0 amide bonds. The van der Waals surface area contributed by atoms with Gasteiger partial charge in [0.2, 0.25) is 0 Å². The molecule has 5 rings (SSSR count). The molecule has 11 heteroatoms. The van der Waals surface area contributed by atoms with Crippen molar-refractivity contribution in [1.82, 2.24) is 19.3 Å². The number of aryl methyl sites for hydroxylation is 1. The average Bonchev–Trinajstić information content (AvgIpc) is 3.30. The van der Waals surface area contributed by atoms with Gasteiger partial charge in [-0.1, -0.05) is 0 Å². The number of nitrogens with zero attached hydrogens (tertiary/aromatic N) is 4. The highest BCUT2D eigenvalue weighted by Gasteiger charge is 2.45. The molecule has 0 radical (unpaired) electrons. The van der Waals surface area contributed by atoms with E-state index in [0.29, 0.717) is 0 Å². The number of fused-ring (bicyclic) bond motifs is 4. The number of aliphatic hydroxyl groups is 1. The zero-order chi connectivity index (χ0) is 24.6. The molecule has 0 saturated carbocycles. The normalized spacial score (nSPS) is 14.7. The molecule has 4 aromatic rings. The lowest BCUT2D eigenvalue weighted by Crippen LogP contribution is -2.37. The lowest BCUT2D eigenvalue weighted by molar-refractivity contribution is -0.137. The molecule has 0 spiro atoms. The van der Waals surface area contributed by atoms with Crippen molar-refractivity contribution in [2.75, 3.05) is 11.9 Å². The number of hydrogen-bond donors (Lipinski definition) is 2. The zero-order valence-corrected chi connectivity index (χ0v) is 18.4. The minimum absolute atomic E-state index is 0.0699. The Balaban J connectivity index is 1.92. The Kier molecular flexibility index (Phi) is 4.77. The number of aromatic nitrogens is 4. The van der Waals surface area contributed by atoms with Crippen LogP contribution in [0.2, 0.25) is 0 Å². The molecular weight excluding hydrogens is 457 g/mol. The molecule has 1 aliphatic heterocycles. The summed E-state index contributed by atoms with van der Waals surface area (Å²) >= 11 is 0. The first-order valence-corrected chi connectivity index (χ1v) is 10.5. The number of halogens is 5. The quantitative estimate of drug-likeness (QED) is 0.401. The Morgan fingerprint density at radius 3 is 2.53 bits per heavy atom. The smallest absolute Gasteiger partial charge is 0.395 e. The fraction of sp³-hybridized carbons (Fsp3) is 0.304. The van der Waals surface area contributed by atoms with Gasteiger partial charge in [-0.25, -0.2) is 8.78 Å². The molecular formula is C23H20F5N5O. The molecule has 178 valence electrons. The fourth-order valence-corrected chi connectivity index (χ4v) is 4.70. The van der Waals surface area contributed by atoms with Crippen molar-refractivity contribution in [2.24, 2.45) is 0 Å². The topological polar surface area (TPSA) is 67.9 Å². The Hall–Kier alpha value is -3.47. The first-order chi connectivity index (χ1) is 15.9. The van der Waals surface area contributed by atoms with Gasteiger partial charge < -0.3 is 15.0 Å². The average molecular weight is 477 g/mol. The molecule has 34 heavy (non-hydrogen) atoms. The summed E-state index contributed by atoms with van der Waals surface area (Å²) in [5, 5.41) is 20.4. The van der Waals surface area contributed by atoms with Crippen LogP contribution in [0.4, 0.5) is 27.6 Å². The van der Waals surface area contributed by atoms with E-state index in [0.717, 1.165) is 18.2 Å². The summed E-state index contributed by atoms with van der Waals surface area (Å²) in [7, 11) is 0. The molecule has 0 bridgehead atoms. The summed E-state index contributed by atoms with van der Waals surface area (Å²) < 4.78 is 77.0. The Morgan fingerprint density at radius 1 is 1.12 bits per heavy atom. The van der Waals surface area contributed by atoms with Crippen LogP contribution in [-0.4, -0.2) is 31.0 Å². The van der Waals surface area contributed by atoms with Gasteiger partial charge >= 0.3 is 6.18 Å². The maximum Gasteiger partial charge on any atom is 0.419 e. The van der Waals surface area contributed by atoms with Crippen LogP contribution in [0.3, 0.4) is 0 Å². The van der Waals surface area contributed by atoms with Crippen molar-refractivity contribution in [3.63, 3.8) is 0 Å². The van der Waals surface area contributed by atoms with Crippen molar-refractivity contribution in [3.05, 3.63) is 59.3 Å². The highest BCUT2D eigenvalue weighted by atomic mass is 19.4. The van der Waals surface area contributed by atoms with Gasteiger partial charge in [-0.3, -0.25) is 4.57 Å². The van der Waals surface area contributed by atoms with Crippen LogP contribution in [-0.2, 0) is 18.3 Å². The second-order valence-corrected chi connectivity index (χ2v) is 8.78. The lowest BCUT2D eigenvalue weighted by atomic mass is 9.90. The number of rotatable bonds is 3. The molecule has 2 aromatic heterocycles. The SMILES string of the molecule is Cc1nnc2n1-c1c(cc(F)c(-c3cc(F)cc4c3ccn4CCO)c1C(F)(F)F)NC2(C)C. The minimum atomic E-state index is -5.00. The number of benzene rings is 2. The third kappa shape index (κ3) is 3.17. The Morgan fingerprint density at radius 2 is 1.85 bits per heavy atom. The fourth-order valence-electron chi connectivity index (χ4n) is 4.70. The molecule has 2 aromatic carbocycles. The van der Waals surface area contributed by atoms with Crippen molar-refractivity contribution in [3.8, 4) is 16.8 Å². The van der Waals surface area contributed by atoms with Crippen molar-refractivity contribution in [2.45, 2.75) is 39.0 Å². The van der Waals surface area contributed by atoms with Gasteiger partial charge in [0.15, 0.2) is 5.82 Å². The van der Waals surface area contributed by atoms with Crippen molar-refractivity contribution < 1.29 is 27.1 Å². The summed E-state index contributed by atoms with van der Waals surface area (Å²) in [5.74, 6) is -1.54. The van der Waals surface area contributed by atoms with Crippen LogP contribution >= 0.6 is 0 Å². The summed E-state index contributed by atoms with van der Waals surface area (Å²) in [6.07, 6.45) is -3.48. The summed E-state index contributed by atoms with van der Waals surface area (Å²) in [6.45, 7) is 4.77. The number of hydrogen-bond acceptors (Lipinski definition) is 4. The highest BCUT2D eigenvalue weighted by molar-refractivity contribution is 5.98. The minimum Gasteiger partial charge on any atom is -0.395 e. The van der Waals surface area contributed by atoms with Gasteiger partial charge in [0, 0.05) is 23.7 Å².